The van der Waals surface area contributed by atoms with Crippen LogP contribution < -0.4 is 10.1 Å². The molecule has 0 saturated carbocycles. The van der Waals surface area contributed by atoms with Gasteiger partial charge < -0.3 is 10.1 Å². The van der Waals surface area contributed by atoms with Gasteiger partial charge in [0.1, 0.15) is 11.6 Å². The van der Waals surface area contributed by atoms with Gasteiger partial charge in [0.15, 0.2) is 12.4 Å². The Kier molecular flexibility index (Phi) is 4.34. The number of anilines is 1. The van der Waals surface area contributed by atoms with E-state index in [0.717, 1.165) is 5.69 Å². The highest BCUT2D eigenvalue weighted by Crippen LogP contribution is 2.15. The molecule has 0 aliphatic rings. The number of carbonyl (C=O) groups is 1. The molecule has 2 aromatic rings. The first-order valence-corrected chi connectivity index (χ1v) is 6.28. The van der Waals surface area contributed by atoms with E-state index >= 15 is 0 Å². The summed E-state index contributed by atoms with van der Waals surface area (Å²) in [6.07, 6.45) is 0. The Bertz CT molecular complexity index is 578. The number of amides is 1. The zero-order valence-corrected chi connectivity index (χ0v) is 11.3. The lowest BCUT2D eigenvalue weighted by Crippen LogP contribution is -2.20. The second kappa shape index (κ2) is 6.18. The van der Waals surface area contributed by atoms with Crippen LogP contribution in [0.2, 0.25) is 0 Å². The van der Waals surface area contributed by atoms with E-state index in [-0.39, 0.29) is 18.3 Å². The van der Waals surface area contributed by atoms with Gasteiger partial charge >= 0.3 is 0 Å². The summed E-state index contributed by atoms with van der Waals surface area (Å²) in [5.41, 5.74) is 0.944. The van der Waals surface area contributed by atoms with Crippen LogP contribution in [0.15, 0.2) is 30.3 Å². The standard InChI is InChI=1S/C14H16FN3O2/c1-9(2)12-7-13(18-17-12)16-14(19)8-20-11-5-3-10(15)4-6-11/h3-7,9H,8H2,1-2H3,(H2,16,17,18,19). The average Bonchev–Trinajstić information content (AvgIpc) is 2.87. The van der Waals surface area contributed by atoms with Gasteiger partial charge in [-0.2, -0.15) is 5.10 Å². The number of H-pyrrole nitrogens is 1. The summed E-state index contributed by atoms with van der Waals surface area (Å²) in [7, 11) is 0. The number of rotatable bonds is 5. The minimum atomic E-state index is -0.348. The highest BCUT2D eigenvalue weighted by atomic mass is 19.1. The van der Waals surface area contributed by atoms with Crippen molar-refractivity contribution in [1.29, 1.82) is 0 Å². The number of hydrogen-bond acceptors (Lipinski definition) is 3. The van der Waals surface area contributed by atoms with Gasteiger partial charge in [0.25, 0.3) is 5.91 Å². The highest BCUT2D eigenvalue weighted by molar-refractivity contribution is 5.90. The third-order valence-corrected chi connectivity index (χ3v) is 2.67. The van der Waals surface area contributed by atoms with E-state index in [9.17, 15) is 9.18 Å². The second-order valence-corrected chi connectivity index (χ2v) is 4.65. The van der Waals surface area contributed by atoms with Crippen molar-refractivity contribution in [1.82, 2.24) is 10.2 Å². The van der Waals surface area contributed by atoms with Gasteiger partial charge in [-0.25, -0.2) is 4.39 Å². The average molecular weight is 277 g/mol. The van der Waals surface area contributed by atoms with E-state index in [4.69, 9.17) is 4.74 Å². The topological polar surface area (TPSA) is 67.0 Å². The van der Waals surface area contributed by atoms with Gasteiger partial charge in [-0.15, -0.1) is 0 Å². The Morgan fingerprint density at radius 3 is 2.70 bits per heavy atom. The minimum Gasteiger partial charge on any atom is -0.484 e. The fourth-order valence-corrected chi connectivity index (χ4v) is 1.56. The lowest BCUT2D eigenvalue weighted by molar-refractivity contribution is -0.118. The number of halogens is 1. The van der Waals surface area contributed by atoms with Crippen molar-refractivity contribution in [2.24, 2.45) is 0 Å². The molecule has 2 N–H and O–H groups in total. The third-order valence-electron chi connectivity index (χ3n) is 2.67. The van der Waals surface area contributed by atoms with Crippen LogP contribution in [-0.2, 0) is 4.79 Å². The summed E-state index contributed by atoms with van der Waals surface area (Å²) < 4.78 is 17.9. The lowest BCUT2D eigenvalue weighted by Gasteiger charge is -2.05. The maximum Gasteiger partial charge on any atom is 0.263 e. The molecule has 0 aliphatic carbocycles. The molecule has 6 heteroatoms. The van der Waals surface area contributed by atoms with Crippen LogP contribution >= 0.6 is 0 Å². The fraction of sp³-hybridized carbons (Fsp3) is 0.286. The molecular weight excluding hydrogens is 261 g/mol. The Morgan fingerprint density at radius 2 is 2.10 bits per heavy atom. The van der Waals surface area contributed by atoms with Crippen molar-refractivity contribution in [3.8, 4) is 5.75 Å². The van der Waals surface area contributed by atoms with E-state index < -0.39 is 0 Å². The van der Waals surface area contributed by atoms with Gasteiger partial charge in [-0.05, 0) is 30.2 Å². The summed E-state index contributed by atoms with van der Waals surface area (Å²) in [6.45, 7) is 3.89. The van der Waals surface area contributed by atoms with Crippen molar-refractivity contribution < 1.29 is 13.9 Å². The molecule has 0 atom stereocenters. The second-order valence-electron chi connectivity index (χ2n) is 4.65. The van der Waals surface area contributed by atoms with E-state index in [2.05, 4.69) is 15.5 Å². The number of benzene rings is 1. The van der Waals surface area contributed by atoms with Gasteiger partial charge in [0, 0.05) is 11.8 Å². The minimum absolute atomic E-state index is 0.157. The number of aromatic amines is 1. The molecule has 20 heavy (non-hydrogen) atoms. The summed E-state index contributed by atoms with van der Waals surface area (Å²) in [5, 5.41) is 9.44. The normalized spacial score (nSPS) is 10.6. The summed E-state index contributed by atoms with van der Waals surface area (Å²) in [4.78, 5) is 11.7. The van der Waals surface area contributed by atoms with Gasteiger partial charge in [-0.1, -0.05) is 13.8 Å². The first kappa shape index (κ1) is 14.0. The smallest absolute Gasteiger partial charge is 0.263 e. The summed E-state index contributed by atoms with van der Waals surface area (Å²) in [5.74, 6) is 0.534. The molecule has 106 valence electrons. The number of nitrogens with zero attached hydrogens (tertiary/aromatic N) is 1. The highest BCUT2D eigenvalue weighted by Gasteiger charge is 2.08. The maximum absolute atomic E-state index is 12.7. The summed E-state index contributed by atoms with van der Waals surface area (Å²) >= 11 is 0. The molecule has 1 aromatic carbocycles. The number of ether oxygens (including phenoxy) is 1. The van der Waals surface area contributed by atoms with Gasteiger partial charge in [0.2, 0.25) is 0 Å². The first-order chi connectivity index (χ1) is 9.54. The molecule has 5 nitrogen and oxygen atoms in total. The first-order valence-electron chi connectivity index (χ1n) is 6.28. The summed E-state index contributed by atoms with van der Waals surface area (Å²) in [6, 6.07) is 7.26. The molecule has 2 rings (SSSR count). The van der Waals surface area contributed by atoms with Crippen molar-refractivity contribution >= 4 is 11.7 Å². The lowest BCUT2D eigenvalue weighted by atomic mass is 10.1. The molecule has 0 aliphatic heterocycles. The van der Waals surface area contributed by atoms with Crippen molar-refractivity contribution in [3.05, 3.63) is 41.8 Å². The largest absolute Gasteiger partial charge is 0.484 e. The van der Waals surface area contributed by atoms with Crippen LogP contribution in [0.4, 0.5) is 10.2 Å². The van der Waals surface area contributed by atoms with E-state index in [1.165, 1.54) is 24.3 Å². The number of nitrogens with one attached hydrogen (secondary N) is 2. The van der Waals surface area contributed by atoms with E-state index in [1.54, 1.807) is 6.07 Å². The molecule has 0 radical (unpaired) electrons. The predicted molar refractivity (Wildman–Crippen MR) is 73.2 cm³/mol. The van der Waals surface area contributed by atoms with Gasteiger partial charge in [0.05, 0.1) is 0 Å². The Morgan fingerprint density at radius 1 is 1.40 bits per heavy atom. The van der Waals surface area contributed by atoms with Crippen LogP contribution in [-0.4, -0.2) is 22.7 Å². The van der Waals surface area contributed by atoms with E-state index in [1.807, 2.05) is 13.8 Å². The molecule has 0 spiro atoms. The predicted octanol–water partition coefficient (Wildman–Crippen LogP) is 2.69. The SMILES string of the molecule is CC(C)c1cc(NC(=O)COc2ccc(F)cc2)n[nH]1. The van der Waals surface area contributed by atoms with Gasteiger partial charge in [-0.3, -0.25) is 9.89 Å². The monoisotopic (exact) mass is 277 g/mol. The third kappa shape index (κ3) is 3.81. The Balaban J connectivity index is 1.84. The molecule has 0 unspecified atom stereocenters. The zero-order valence-electron chi connectivity index (χ0n) is 11.3. The number of carbonyl (C=O) groups excluding carboxylic acids is 1. The number of aromatic nitrogens is 2. The Hall–Kier alpha value is -2.37. The number of hydrogen-bond donors (Lipinski definition) is 2. The Labute approximate surface area is 116 Å². The van der Waals surface area contributed by atoms with Crippen LogP contribution in [0.3, 0.4) is 0 Å². The molecular formula is C14H16FN3O2. The fourth-order valence-electron chi connectivity index (χ4n) is 1.56. The van der Waals surface area contributed by atoms with Crippen molar-refractivity contribution in [3.63, 3.8) is 0 Å². The van der Waals surface area contributed by atoms with Crippen molar-refractivity contribution in [2.45, 2.75) is 19.8 Å². The molecule has 1 amide bonds. The van der Waals surface area contributed by atoms with Crippen LogP contribution in [0.1, 0.15) is 25.5 Å². The molecule has 0 bridgehead atoms. The molecule has 1 aromatic heterocycles. The van der Waals surface area contributed by atoms with Crippen LogP contribution in [0.25, 0.3) is 0 Å². The molecule has 1 heterocycles. The molecule has 0 fully saturated rings. The zero-order chi connectivity index (χ0) is 14.5. The maximum atomic E-state index is 12.7. The quantitative estimate of drug-likeness (QED) is 0.883. The molecule has 0 saturated heterocycles. The van der Waals surface area contributed by atoms with E-state index in [0.29, 0.717) is 17.5 Å². The van der Waals surface area contributed by atoms with Crippen LogP contribution in [0, 0.1) is 5.82 Å². The van der Waals surface area contributed by atoms with Crippen LogP contribution in [0.5, 0.6) is 5.75 Å². The van der Waals surface area contributed by atoms with Crippen molar-refractivity contribution in [2.75, 3.05) is 11.9 Å².